The predicted molar refractivity (Wildman–Crippen MR) is 129 cm³/mol. The van der Waals surface area contributed by atoms with Crippen LogP contribution in [-0.2, 0) is 9.53 Å². The molecule has 4 rings (SSSR count). The number of aromatic nitrogens is 1. The second-order valence-corrected chi connectivity index (χ2v) is 9.96. The van der Waals surface area contributed by atoms with Gasteiger partial charge in [0.2, 0.25) is 5.91 Å². The third kappa shape index (κ3) is 5.22. The normalized spacial score (nSPS) is 16.0. The number of thioether (sulfide) groups is 1. The van der Waals surface area contributed by atoms with Gasteiger partial charge < -0.3 is 9.47 Å². The van der Waals surface area contributed by atoms with E-state index < -0.39 is 0 Å². The number of fused-ring (bicyclic) bond motifs is 1. The Morgan fingerprint density at radius 3 is 2.77 bits per heavy atom. The van der Waals surface area contributed by atoms with Crippen LogP contribution in [0.1, 0.15) is 30.4 Å². The van der Waals surface area contributed by atoms with Crippen molar-refractivity contribution < 1.29 is 14.3 Å². The number of thiazole rings is 1. The van der Waals surface area contributed by atoms with Gasteiger partial charge >= 0.3 is 0 Å². The van der Waals surface area contributed by atoms with E-state index in [1.165, 1.54) is 10.5 Å². The fourth-order valence-corrected chi connectivity index (χ4v) is 5.60. The molecule has 1 unspecified atom stereocenters. The third-order valence-corrected chi connectivity index (χ3v) is 7.69. The summed E-state index contributed by atoms with van der Waals surface area (Å²) in [6, 6.07) is 12.4. The summed E-state index contributed by atoms with van der Waals surface area (Å²) in [5.74, 6) is 1.56. The van der Waals surface area contributed by atoms with Crippen LogP contribution in [0, 0.1) is 13.8 Å². The molecule has 1 fully saturated rings. The van der Waals surface area contributed by atoms with Crippen LogP contribution in [0.4, 0.5) is 5.13 Å². The van der Waals surface area contributed by atoms with Crippen LogP contribution < -0.4 is 9.64 Å². The zero-order valence-electron chi connectivity index (χ0n) is 18.2. The molecule has 1 aromatic heterocycles. The standard InChI is InChI=1S/C24H28N2O3S2/c1-16-6-9-19(10-7-16)30-14-12-21(27)26(15-18-5-4-13-29-18)24-25-22-20(28-3)11-8-17(2)23(22)31-24/h6-11,18H,4-5,12-15H2,1-3H3. The van der Waals surface area contributed by atoms with E-state index in [2.05, 4.69) is 38.1 Å². The molecule has 0 aliphatic carbocycles. The van der Waals surface area contributed by atoms with Crippen molar-refractivity contribution in [1.29, 1.82) is 0 Å². The molecule has 1 saturated heterocycles. The maximum Gasteiger partial charge on any atom is 0.229 e. The first-order chi connectivity index (χ1) is 15.0. The molecule has 3 aromatic rings. The van der Waals surface area contributed by atoms with Crippen LogP contribution in [0.2, 0.25) is 0 Å². The number of methoxy groups -OCH3 is 1. The van der Waals surface area contributed by atoms with Gasteiger partial charge in [-0.25, -0.2) is 4.98 Å². The van der Waals surface area contributed by atoms with Gasteiger partial charge in [0.15, 0.2) is 5.13 Å². The molecule has 5 nitrogen and oxygen atoms in total. The topological polar surface area (TPSA) is 51.7 Å². The molecular weight excluding hydrogens is 428 g/mol. The van der Waals surface area contributed by atoms with Crippen molar-refractivity contribution in [3.05, 3.63) is 47.5 Å². The van der Waals surface area contributed by atoms with Gasteiger partial charge in [0, 0.05) is 23.7 Å². The Labute approximate surface area is 191 Å². The molecular formula is C24H28N2O3S2. The van der Waals surface area contributed by atoms with Crippen LogP contribution in [0.15, 0.2) is 41.3 Å². The third-order valence-electron chi connectivity index (χ3n) is 5.46. The largest absolute Gasteiger partial charge is 0.494 e. The van der Waals surface area contributed by atoms with E-state index in [4.69, 9.17) is 14.5 Å². The van der Waals surface area contributed by atoms with Gasteiger partial charge in [0.1, 0.15) is 11.3 Å². The van der Waals surface area contributed by atoms with Crippen LogP contribution in [-0.4, -0.2) is 43.0 Å². The zero-order valence-corrected chi connectivity index (χ0v) is 19.9. The monoisotopic (exact) mass is 456 g/mol. The molecule has 7 heteroatoms. The van der Waals surface area contributed by atoms with Gasteiger partial charge in [-0.1, -0.05) is 35.1 Å². The lowest BCUT2D eigenvalue weighted by atomic mass is 10.2. The first-order valence-electron chi connectivity index (χ1n) is 10.6. The molecule has 1 atom stereocenters. The van der Waals surface area contributed by atoms with Gasteiger partial charge in [-0.2, -0.15) is 0 Å². The minimum absolute atomic E-state index is 0.0729. The first-order valence-corrected chi connectivity index (χ1v) is 12.4. The van der Waals surface area contributed by atoms with Gasteiger partial charge in [0.25, 0.3) is 0 Å². The Morgan fingerprint density at radius 2 is 2.06 bits per heavy atom. The molecule has 0 saturated carbocycles. The van der Waals surface area contributed by atoms with Crippen molar-refractivity contribution in [2.45, 2.75) is 44.1 Å². The fraction of sp³-hybridized carbons (Fsp3) is 0.417. The van der Waals surface area contributed by atoms with E-state index >= 15 is 0 Å². The zero-order chi connectivity index (χ0) is 21.8. The van der Waals surface area contributed by atoms with Crippen molar-refractivity contribution in [3.8, 4) is 5.75 Å². The number of anilines is 1. The summed E-state index contributed by atoms with van der Waals surface area (Å²) >= 11 is 3.27. The minimum Gasteiger partial charge on any atom is -0.494 e. The Morgan fingerprint density at radius 1 is 1.26 bits per heavy atom. The molecule has 0 spiro atoms. The lowest BCUT2D eigenvalue weighted by molar-refractivity contribution is -0.118. The Hall–Kier alpha value is -2.09. The van der Waals surface area contributed by atoms with E-state index in [0.29, 0.717) is 13.0 Å². The van der Waals surface area contributed by atoms with E-state index in [9.17, 15) is 4.79 Å². The summed E-state index contributed by atoms with van der Waals surface area (Å²) in [5.41, 5.74) is 3.20. The second kappa shape index (κ2) is 10.0. The number of hydrogen-bond donors (Lipinski definition) is 0. The summed E-state index contributed by atoms with van der Waals surface area (Å²) < 4.78 is 12.4. The van der Waals surface area contributed by atoms with E-state index in [1.54, 1.807) is 30.2 Å². The van der Waals surface area contributed by atoms with Gasteiger partial charge in [-0.15, -0.1) is 11.8 Å². The highest BCUT2D eigenvalue weighted by atomic mass is 32.2. The molecule has 0 radical (unpaired) electrons. The number of carbonyl (C=O) groups is 1. The van der Waals surface area contributed by atoms with Crippen molar-refractivity contribution >= 4 is 44.4 Å². The number of rotatable bonds is 8. The maximum absolute atomic E-state index is 13.3. The van der Waals surface area contributed by atoms with Crippen molar-refractivity contribution in [2.24, 2.45) is 0 Å². The van der Waals surface area contributed by atoms with Crippen molar-refractivity contribution in [1.82, 2.24) is 4.98 Å². The summed E-state index contributed by atoms with van der Waals surface area (Å²) in [6.07, 6.45) is 2.55. The van der Waals surface area contributed by atoms with Gasteiger partial charge in [-0.05, 0) is 50.5 Å². The molecule has 2 heterocycles. The molecule has 1 aliphatic heterocycles. The minimum atomic E-state index is 0.0729. The van der Waals surface area contributed by atoms with Gasteiger partial charge in [0.05, 0.1) is 24.5 Å². The smallest absolute Gasteiger partial charge is 0.229 e. The number of benzene rings is 2. The van der Waals surface area contributed by atoms with Crippen LogP contribution in [0.3, 0.4) is 0 Å². The second-order valence-electron chi connectivity index (χ2n) is 7.81. The van der Waals surface area contributed by atoms with Crippen molar-refractivity contribution in [3.63, 3.8) is 0 Å². The number of nitrogens with zero attached hydrogens (tertiary/aromatic N) is 2. The van der Waals surface area contributed by atoms with Crippen LogP contribution >= 0.6 is 23.1 Å². The average Bonchev–Trinajstić information content (AvgIpc) is 3.44. The predicted octanol–water partition coefficient (Wildman–Crippen LogP) is 5.62. The molecule has 1 aliphatic rings. The number of aryl methyl sites for hydroxylation is 2. The molecule has 0 N–H and O–H groups in total. The van der Waals surface area contributed by atoms with E-state index in [0.717, 1.165) is 51.9 Å². The number of ether oxygens (including phenoxy) is 2. The highest BCUT2D eigenvalue weighted by molar-refractivity contribution is 7.99. The Bertz CT molecular complexity index is 1040. The quantitative estimate of drug-likeness (QED) is 0.412. The molecule has 31 heavy (non-hydrogen) atoms. The molecule has 0 bridgehead atoms. The van der Waals surface area contributed by atoms with Crippen molar-refractivity contribution in [2.75, 3.05) is 30.9 Å². The SMILES string of the molecule is COc1ccc(C)c2sc(N(CC3CCCO3)C(=O)CCSc3ccc(C)cc3)nc12. The molecule has 1 amide bonds. The summed E-state index contributed by atoms with van der Waals surface area (Å²) in [4.78, 5) is 21.1. The lowest BCUT2D eigenvalue weighted by Crippen LogP contribution is -2.37. The van der Waals surface area contributed by atoms with Crippen LogP contribution in [0.5, 0.6) is 5.75 Å². The van der Waals surface area contributed by atoms with E-state index in [-0.39, 0.29) is 12.0 Å². The Kier molecular flexibility index (Phi) is 7.15. The van der Waals surface area contributed by atoms with Gasteiger partial charge in [-0.3, -0.25) is 9.69 Å². The summed E-state index contributed by atoms with van der Waals surface area (Å²) in [6.45, 7) is 5.46. The number of carbonyl (C=O) groups excluding carboxylic acids is 1. The van der Waals surface area contributed by atoms with Crippen LogP contribution in [0.25, 0.3) is 10.2 Å². The average molecular weight is 457 g/mol. The number of amides is 1. The Balaban J connectivity index is 1.53. The maximum atomic E-state index is 13.3. The lowest BCUT2D eigenvalue weighted by Gasteiger charge is -2.23. The molecule has 2 aromatic carbocycles. The molecule has 164 valence electrons. The summed E-state index contributed by atoms with van der Waals surface area (Å²) in [5, 5.41) is 0.725. The summed E-state index contributed by atoms with van der Waals surface area (Å²) in [7, 11) is 1.65. The highest BCUT2D eigenvalue weighted by Gasteiger charge is 2.26. The fourth-order valence-electron chi connectivity index (χ4n) is 3.68. The van der Waals surface area contributed by atoms with E-state index in [1.807, 2.05) is 17.0 Å². The number of hydrogen-bond acceptors (Lipinski definition) is 6. The highest BCUT2D eigenvalue weighted by Crippen LogP contribution is 2.37. The first kappa shape index (κ1) is 22.1.